The van der Waals surface area contributed by atoms with Crippen molar-refractivity contribution in [1.29, 1.82) is 0 Å². The maximum Gasteiger partial charge on any atom is 0.235 e. The molecule has 1 aromatic carbocycles. The number of hydrogen-bond donors (Lipinski definition) is 0. The lowest BCUT2D eigenvalue weighted by Crippen LogP contribution is -2.12. The van der Waals surface area contributed by atoms with Gasteiger partial charge in [-0.1, -0.05) is 11.6 Å². The number of carbonyl (C=O) groups excluding carboxylic acids is 1. The third-order valence-corrected chi connectivity index (χ3v) is 2.96. The van der Waals surface area contributed by atoms with Gasteiger partial charge < -0.3 is 4.74 Å². The number of rotatable bonds is 3. The zero-order chi connectivity index (χ0) is 11.4. The molecule has 2 atom stereocenters. The molecule has 0 aliphatic heterocycles. The quantitative estimate of drug-likeness (QED) is 0.599. The first-order valence-corrected chi connectivity index (χ1v) is 5.65. The Balaban J connectivity index is 1.91. The summed E-state index contributed by atoms with van der Waals surface area (Å²) in [7, 11) is 0. The molecule has 0 saturated heterocycles. The van der Waals surface area contributed by atoms with Crippen LogP contribution >= 0.6 is 11.6 Å². The predicted molar refractivity (Wildman–Crippen MR) is 61.6 cm³/mol. The van der Waals surface area contributed by atoms with Crippen LogP contribution in [0.1, 0.15) is 19.3 Å². The fraction of sp³-hybridized carbons (Fsp3) is 0.417. The molecule has 2 unspecified atom stereocenters. The van der Waals surface area contributed by atoms with Crippen molar-refractivity contribution in [2.45, 2.75) is 31.4 Å². The van der Waals surface area contributed by atoms with Crippen LogP contribution in [0.25, 0.3) is 0 Å². The van der Waals surface area contributed by atoms with Crippen molar-refractivity contribution in [2.75, 3.05) is 0 Å². The van der Waals surface area contributed by atoms with E-state index in [0.717, 1.165) is 25.0 Å². The molecule has 3 nitrogen and oxygen atoms in total. The number of hydrogen-bond acceptors (Lipinski definition) is 3. The second-order valence-corrected chi connectivity index (χ2v) is 4.32. The fourth-order valence-electron chi connectivity index (χ4n) is 1.92. The number of benzene rings is 1. The topological polar surface area (TPSA) is 38.7 Å². The summed E-state index contributed by atoms with van der Waals surface area (Å²) in [6.07, 6.45) is 4.36. The van der Waals surface area contributed by atoms with Crippen molar-refractivity contribution < 1.29 is 9.53 Å². The number of halogens is 1. The first-order chi connectivity index (χ1) is 7.78. The highest BCUT2D eigenvalue weighted by Crippen LogP contribution is 2.26. The Bertz CT molecular complexity index is 398. The number of nitrogens with zero attached hydrogens (tertiary/aromatic N) is 1. The minimum absolute atomic E-state index is 0.0785. The van der Waals surface area contributed by atoms with Crippen LogP contribution < -0.4 is 4.74 Å². The van der Waals surface area contributed by atoms with E-state index in [1.54, 1.807) is 18.2 Å². The first kappa shape index (κ1) is 11.2. The van der Waals surface area contributed by atoms with Crippen LogP contribution in [-0.2, 0) is 4.79 Å². The van der Waals surface area contributed by atoms with E-state index in [1.165, 1.54) is 0 Å². The Morgan fingerprint density at radius 2 is 2.06 bits per heavy atom. The lowest BCUT2D eigenvalue weighted by atomic mass is 10.2. The average molecular weight is 238 g/mol. The van der Waals surface area contributed by atoms with E-state index in [1.807, 2.05) is 12.1 Å². The van der Waals surface area contributed by atoms with E-state index in [0.29, 0.717) is 5.02 Å². The van der Waals surface area contributed by atoms with E-state index in [4.69, 9.17) is 16.3 Å². The van der Waals surface area contributed by atoms with Crippen molar-refractivity contribution in [3.05, 3.63) is 29.3 Å². The van der Waals surface area contributed by atoms with Gasteiger partial charge in [-0.25, -0.2) is 9.79 Å². The molecule has 0 amide bonds. The van der Waals surface area contributed by atoms with Gasteiger partial charge in [-0.2, -0.15) is 0 Å². The van der Waals surface area contributed by atoms with Crippen LogP contribution in [0.4, 0.5) is 0 Å². The van der Waals surface area contributed by atoms with E-state index >= 15 is 0 Å². The van der Waals surface area contributed by atoms with Crippen molar-refractivity contribution in [1.82, 2.24) is 0 Å². The van der Waals surface area contributed by atoms with E-state index < -0.39 is 0 Å². The minimum Gasteiger partial charge on any atom is -0.490 e. The summed E-state index contributed by atoms with van der Waals surface area (Å²) < 4.78 is 5.76. The highest BCUT2D eigenvalue weighted by Gasteiger charge is 2.25. The molecule has 0 aromatic heterocycles. The smallest absolute Gasteiger partial charge is 0.235 e. The second-order valence-electron chi connectivity index (χ2n) is 3.88. The summed E-state index contributed by atoms with van der Waals surface area (Å²) in [5, 5.41) is 0.696. The van der Waals surface area contributed by atoms with Gasteiger partial charge in [-0.15, -0.1) is 0 Å². The Morgan fingerprint density at radius 3 is 2.75 bits per heavy atom. The molecule has 2 rings (SSSR count). The summed E-state index contributed by atoms with van der Waals surface area (Å²) in [6.45, 7) is 0. The molecular formula is C12H12ClNO2. The van der Waals surface area contributed by atoms with Gasteiger partial charge in [0, 0.05) is 11.4 Å². The van der Waals surface area contributed by atoms with E-state index in [-0.39, 0.29) is 12.1 Å². The molecule has 16 heavy (non-hydrogen) atoms. The Morgan fingerprint density at radius 1 is 1.31 bits per heavy atom. The van der Waals surface area contributed by atoms with Gasteiger partial charge in [0.1, 0.15) is 11.9 Å². The molecule has 1 aliphatic carbocycles. The molecule has 1 aromatic rings. The van der Waals surface area contributed by atoms with Gasteiger partial charge in [0.15, 0.2) is 0 Å². The standard InChI is InChI=1S/C12H12ClNO2/c13-9-1-4-11(5-2-9)16-12-6-3-10(7-12)14-8-15/h1-2,4-5,10,12H,3,6-7H2. The summed E-state index contributed by atoms with van der Waals surface area (Å²) in [4.78, 5) is 13.8. The van der Waals surface area contributed by atoms with Gasteiger partial charge in [0.25, 0.3) is 0 Å². The maximum atomic E-state index is 10.1. The molecule has 0 spiro atoms. The van der Waals surface area contributed by atoms with Crippen molar-refractivity contribution in [2.24, 2.45) is 4.99 Å². The summed E-state index contributed by atoms with van der Waals surface area (Å²) in [5.74, 6) is 0.810. The average Bonchev–Trinajstić information content (AvgIpc) is 2.70. The van der Waals surface area contributed by atoms with Crippen LogP contribution in [-0.4, -0.2) is 18.2 Å². The highest BCUT2D eigenvalue weighted by molar-refractivity contribution is 6.30. The highest BCUT2D eigenvalue weighted by atomic mass is 35.5. The molecule has 1 fully saturated rings. The zero-order valence-corrected chi connectivity index (χ0v) is 9.48. The molecule has 4 heteroatoms. The van der Waals surface area contributed by atoms with Crippen LogP contribution in [0.15, 0.2) is 29.3 Å². The van der Waals surface area contributed by atoms with Crippen LogP contribution in [0, 0.1) is 0 Å². The number of isocyanates is 1. The largest absolute Gasteiger partial charge is 0.490 e. The zero-order valence-electron chi connectivity index (χ0n) is 8.73. The molecule has 0 radical (unpaired) electrons. The fourth-order valence-corrected chi connectivity index (χ4v) is 2.05. The number of ether oxygens (including phenoxy) is 1. The molecule has 1 saturated carbocycles. The van der Waals surface area contributed by atoms with E-state index in [2.05, 4.69) is 4.99 Å². The van der Waals surface area contributed by atoms with Crippen LogP contribution in [0.3, 0.4) is 0 Å². The van der Waals surface area contributed by atoms with Crippen LogP contribution in [0.5, 0.6) is 5.75 Å². The first-order valence-electron chi connectivity index (χ1n) is 5.27. The molecular weight excluding hydrogens is 226 g/mol. The second kappa shape index (κ2) is 5.15. The molecule has 0 heterocycles. The molecule has 1 aliphatic rings. The number of aliphatic imine (C=N–C) groups is 1. The molecule has 0 bridgehead atoms. The lowest BCUT2D eigenvalue weighted by molar-refractivity contribution is 0.208. The third kappa shape index (κ3) is 2.84. The van der Waals surface area contributed by atoms with Crippen molar-refractivity contribution in [3.63, 3.8) is 0 Å². The molecule has 84 valence electrons. The summed E-state index contributed by atoms with van der Waals surface area (Å²) in [6, 6.07) is 7.37. The lowest BCUT2D eigenvalue weighted by Gasteiger charge is -2.12. The monoisotopic (exact) mass is 237 g/mol. The van der Waals surface area contributed by atoms with E-state index in [9.17, 15) is 4.79 Å². The maximum absolute atomic E-state index is 10.1. The minimum atomic E-state index is 0.0785. The Labute approximate surface area is 99.1 Å². The van der Waals surface area contributed by atoms with Gasteiger partial charge in [0.2, 0.25) is 6.08 Å². The Hall–Kier alpha value is -1.31. The predicted octanol–water partition coefficient (Wildman–Crippen LogP) is 2.98. The van der Waals surface area contributed by atoms with Crippen LogP contribution in [0.2, 0.25) is 5.02 Å². The SMILES string of the molecule is O=C=NC1CCC(Oc2ccc(Cl)cc2)C1. The van der Waals surface area contributed by atoms with Crippen molar-refractivity contribution >= 4 is 17.7 Å². The van der Waals surface area contributed by atoms with Gasteiger partial charge in [0.05, 0.1) is 6.04 Å². The normalized spacial score (nSPS) is 23.8. The third-order valence-electron chi connectivity index (χ3n) is 2.71. The Kier molecular flexibility index (Phi) is 3.60. The van der Waals surface area contributed by atoms with Gasteiger partial charge in [-0.3, -0.25) is 0 Å². The van der Waals surface area contributed by atoms with Crippen molar-refractivity contribution in [3.8, 4) is 5.75 Å². The molecule has 0 N–H and O–H groups in total. The summed E-state index contributed by atoms with van der Waals surface area (Å²) in [5.41, 5.74) is 0. The van der Waals surface area contributed by atoms with Gasteiger partial charge >= 0.3 is 0 Å². The van der Waals surface area contributed by atoms with Gasteiger partial charge in [-0.05, 0) is 37.1 Å². The summed E-state index contributed by atoms with van der Waals surface area (Å²) >= 11 is 5.78.